The smallest absolute Gasteiger partial charge is 0.191 e. The maximum absolute atomic E-state index is 5.53. The highest BCUT2D eigenvalue weighted by molar-refractivity contribution is 7.98. The monoisotopic (exact) mass is 263 g/mol. The predicted octanol–water partition coefficient (Wildman–Crippen LogP) is 1.31. The van der Waals surface area contributed by atoms with Crippen LogP contribution in [0.25, 0.3) is 0 Å². The van der Waals surface area contributed by atoms with Crippen LogP contribution in [0.5, 0.6) is 0 Å². The Labute approximate surface area is 111 Å². The first-order chi connectivity index (χ1) is 8.72. The average Bonchev–Trinajstić information content (AvgIpc) is 2.71. The molecule has 96 valence electrons. The fraction of sp³-hybridized carbons (Fsp3) is 0.417. The average molecular weight is 263 g/mol. The second kappa shape index (κ2) is 5.97. The lowest BCUT2D eigenvalue weighted by molar-refractivity contribution is 0.727. The van der Waals surface area contributed by atoms with Gasteiger partial charge in [0.2, 0.25) is 0 Å². The number of hydrogen-bond donors (Lipinski definition) is 1. The molecule has 0 aromatic carbocycles. The number of pyridine rings is 1. The van der Waals surface area contributed by atoms with Gasteiger partial charge in [-0.05, 0) is 25.1 Å². The summed E-state index contributed by atoms with van der Waals surface area (Å²) in [6.45, 7) is 2.62. The molecule has 2 aromatic heterocycles. The number of nitrogens with zero attached hydrogens (tertiary/aromatic N) is 4. The van der Waals surface area contributed by atoms with Crippen molar-refractivity contribution in [3.63, 3.8) is 0 Å². The molecule has 18 heavy (non-hydrogen) atoms. The quantitative estimate of drug-likeness (QED) is 0.824. The van der Waals surface area contributed by atoms with Crippen LogP contribution in [-0.4, -0.2) is 26.3 Å². The van der Waals surface area contributed by atoms with Crippen LogP contribution in [0.3, 0.4) is 0 Å². The number of rotatable bonds is 5. The van der Waals surface area contributed by atoms with Crippen molar-refractivity contribution in [3.05, 3.63) is 35.4 Å². The van der Waals surface area contributed by atoms with Crippen molar-refractivity contribution in [1.82, 2.24) is 19.7 Å². The van der Waals surface area contributed by atoms with E-state index in [2.05, 4.69) is 21.2 Å². The summed E-state index contributed by atoms with van der Waals surface area (Å²) in [5, 5.41) is 9.23. The van der Waals surface area contributed by atoms with Crippen molar-refractivity contribution < 1.29 is 0 Å². The molecule has 0 atom stereocenters. The lowest BCUT2D eigenvalue weighted by atomic mass is 10.2. The Morgan fingerprint density at radius 2 is 2.22 bits per heavy atom. The van der Waals surface area contributed by atoms with Crippen LogP contribution in [0, 0.1) is 6.92 Å². The normalized spacial score (nSPS) is 10.8. The third kappa shape index (κ3) is 2.88. The summed E-state index contributed by atoms with van der Waals surface area (Å²) in [5.41, 5.74) is 7.82. The van der Waals surface area contributed by atoms with Crippen LogP contribution < -0.4 is 5.73 Å². The zero-order valence-corrected chi connectivity index (χ0v) is 11.4. The zero-order chi connectivity index (χ0) is 13.0. The van der Waals surface area contributed by atoms with Crippen molar-refractivity contribution in [2.45, 2.75) is 24.3 Å². The molecule has 0 fully saturated rings. The number of nitrogens with two attached hydrogens (primary N) is 1. The number of hydrogen-bond acceptors (Lipinski definition) is 5. The maximum Gasteiger partial charge on any atom is 0.191 e. The fourth-order valence-corrected chi connectivity index (χ4v) is 2.62. The minimum absolute atomic E-state index is 0.596. The molecule has 0 saturated carbocycles. The van der Waals surface area contributed by atoms with Crippen LogP contribution in [0.2, 0.25) is 0 Å². The van der Waals surface area contributed by atoms with Crippen molar-refractivity contribution in [2.75, 3.05) is 6.54 Å². The van der Waals surface area contributed by atoms with Crippen molar-refractivity contribution in [3.8, 4) is 0 Å². The highest BCUT2D eigenvalue weighted by Gasteiger charge is 2.09. The van der Waals surface area contributed by atoms with Crippen molar-refractivity contribution in [2.24, 2.45) is 12.8 Å². The van der Waals surface area contributed by atoms with Gasteiger partial charge in [0, 0.05) is 31.1 Å². The van der Waals surface area contributed by atoms with Gasteiger partial charge in [0.05, 0.1) is 0 Å². The molecule has 0 amide bonds. The first kappa shape index (κ1) is 13.0. The highest BCUT2D eigenvalue weighted by atomic mass is 32.2. The van der Waals surface area contributed by atoms with E-state index in [1.165, 1.54) is 5.56 Å². The third-order valence-electron chi connectivity index (χ3n) is 2.77. The minimum Gasteiger partial charge on any atom is -0.330 e. The molecule has 2 aromatic rings. The van der Waals surface area contributed by atoms with Crippen LogP contribution >= 0.6 is 11.8 Å². The lowest BCUT2D eigenvalue weighted by Crippen LogP contribution is -2.08. The highest BCUT2D eigenvalue weighted by Crippen LogP contribution is 2.22. The van der Waals surface area contributed by atoms with E-state index < -0.39 is 0 Å². The molecule has 0 aliphatic rings. The van der Waals surface area contributed by atoms with Crippen LogP contribution in [0.1, 0.15) is 17.1 Å². The molecular weight excluding hydrogens is 246 g/mol. The lowest BCUT2D eigenvalue weighted by Gasteiger charge is -2.04. The van der Waals surface area contributed by atoms with Crippen LogP contribution in [0.4, 0.5) is 0 Å². The summed E-state index contributed by atoms with van der Waals surface area (Å²) in [5.74, 6) is 1.79. The van der Waals surface area contributed by atoms with E-state index in [0.717, 1.165) is 28.8 Å². The maximum atomic E-state index is 5.53. The van der Waals surface area contributed by atoms with Crippen LogP contribution in [-0.2, 0) is 19.2 Å². The Bertz CT molecular complexity index is 523. The van der Waals surface area contributed by atoms with Crippen molar-refractivity contribution in [1.29, 1.82) is 0 Å². The van der Waals surface area contributed by atoms with E-state index in [-0.39, 0.29) is 0 Å². The predicted molar refractivity (Wildman–Crippen MR) is 72.3 cm³/mol. The van der Waals surface area contributed by atoms with E-state index in [1.54, 1.807) is 11.8 Å². The molecule has 0 aliphatic carbocycles. The number of aryl methyl sites for hydroxylation is 1. The molecule has 0 bridgehead atoms. The molecule has 2 N–H and O–H groups in total. The molecule has 5 nitrogen and oxygen atoms in total. The molecule has 0 aliphatic heterocycles. The van der Waals surface area contributed by atoms with E-state index in [9.17, 15) is 0 Å². The Balaban J connectivity index is 2.05. The molecule has 0 unspecified atom stereocenters. The molecule has 0 saturated heterocycles. The largest absolute Gasteiger partial charge is 0.330 e. The first-order valence-electron chi connectivity index (χ1n) is 5.84. The van der Waals surface area contributed by atoms with Gasteiger partial charge in [-0.25, -0.2) is 0 Å². The van der Waals surface area contributed by atoms with E-state index in [0.29, 0.717) is 6.54 Å². The van der Waals surface area contributed by atoms with Gasteiger partial charge in [0.15, 0.2) is 5.16 Å². The molecular formula is C12H17N5S. The van der Waals surface area contributed by atoms with Gasteiger partial charge in [-0.15, -0.1) is 10.2 Å². The van der Waals surface area contributed by atoms with Crippen LogP contribution in [0.15, 0.2) is 23.5 Å². The second-order valence-electron chi connectivity index (χ2n) is 4.03. The summed E-state index contributed by atoms with van der Waals surface area (Å²) in [6.07, 6.45) is 2.57. The van der Waals surface area contributed by atoms with Gasteiger partial charge in [-0.3, -0.25) is 4.98 Å². The SMILES string of the molecule is Cc1ncccc1CSc1nnc(CCN)n1C. The second-order valence-corrected chi connectivity index (χ2v) is 4.98. The Kier molecular flexibility index (Phi) is 4.33. The standard InChI is InChI=1S/C12H17N5S/c1-9-10(4-3-7-14-9)8-18-12-16-15-11(5-6-13)17(12)2/h3-4,7H,5-6,8,13H2,1-2H3. The molecule has 0 spiro atoms. The summed E-state index contributed by atoms with van der Waals surface area (Å²) in [4.78, 5) is 4.28. The molecule has 0 radical (unpaired) electrons. The molecule has 2 rings (SSSR count). The number of thioether (sulfide) groups is 1. The van der Waals surface area contributed by atoms with E-state index in [4.69, 9.17) is 5.73 Å². The Hall–Kier alpha value is -1.40. The van der Waals surface area contributed by atoms with Gasteiger partial charge in [-0.2, -0.15) is 0 Å². The fourth-order valence-electron chi connectivity index (χ4n) is 1.63. The van der Waals surface area contributed by atoms with E-state index >= 15 is 0 Å². The summed E-state index contributed by atoms with van der Waals surface area (Å²) in [6, 6.07) is 4.05. The summed E-state index contributed by atoms with van der Waals surface area (Å²) >= 11 is 1.67. The summed E-state index contributed by atoms with van der Waals surface area (Å²) in [7, 11) is 1.98. The Morgan fingerprint density at radius 3 is 2.94 bits per heavy atom. The zero-order valence-electron chi connectivity index (χ0n) is 10.6. The number of aromatic nitrogens is 4. The minimum atomic E-state index is 0.596. The first-order valence-corrected chi connectivity index (χ1v) is 6.82. The Morgan fingerprint density at radius 1 is 1.39 bits per heavy atom. The molecule has 6 heteroatoms. The van der Waals surface area contributed by atoms with E-state index in [1.807, 2.05) is 30.8 Å². The van der Waals surface area contributed by atoms with Gasteiger partial charge >= 0.3 is 0 Å². The van der Waals surface area contributed by atoms with Crippen molar-refractivity contribution >= 4 is 11.8 Å². The topological polar surface area (TPSA) is 69.6 Å². The summed E-state index contributed by atoms with van der Waals surface area (Å²) < 4.78 is 2.00. The van der Waals surface area contributed by atoms with Gasteiger partial charge in [0.1, 0.15) is 5.82 Å². The van der Waals surface area contributed by atoms with Gasteiger partial charge in [0.25, 0.3) is 0 Å². The van der Waals surface area contributed by atoms with Gasteiger partial charge < -0.3 is 10.3 Å². The third-order valence-corrected chi connectivity index (χ3v) is 3.84. The van der Waals surface area contributed by atoms with Gasteiger partial charge in [-0.1, -0.05) is 17.8 Å². The molecule has 2 heterocycles.